The highest BCUT2D eigenvalue weighted by Crippen LogP contribution is 2.22. The van der Waals surface area contributed by atoms with E-state index in [1.54, 1.807) is 18.5 Å². The smallest absolute Gasteiger partial charge is 0.253 e. The zero-order chi connectivity index (χ0) is 12.8. The summed E-state index contributed by atoms with van der Waals surface area (Å²) in [4.78, 5) is 16.0. The van der Waals surface area contributed by atoms with Crippen LogP contribution in [-0.2, 0) is 0 Å². The topological polar surface area (TPSA) is 42.0 Å². The van der Waals surface area contributed by atoms with Crippen LogP contribution in [0.5, 0.6) is 0 Å². The number of rotatable bonds is 2. The van der Waals surface area contributed by atoms with Crippen molar-refractivity contribution in [2.45, 2.75) is 51.5 Å². The standard InChI is InChI=1S/C15H22N2O/c1-12-5-2-8-14(9-3-6-12)17-15(18)13-7-4-10-16-11-13/h4,7,10-12,14H,2-3,5-6,8-9H2,1H3,(H,17,18). The summed E-state index contributed by atoms with van der Waals surface area (Å²) in [6, 6.07) is 3.95. The molecule has 1 aliphatic rings. The highest BCUT2D eigenvalue weighted by Gasteiger charge is 2.16. The Hall–Kier alpha value is -1.38. The monoisotopic (exact) mass is 246 g/mol. The van der Waals surface area contributed by atoms with Crippen molar-refractivity contribution in [1.29, 1.82) is 0 Å². The van der Waals surface area contributed by atoms with Gasteiger partial charge in [-0.05, 0) is 30.9 Å². The van der Waals surface area contributed by atoms with E-state index in [-0.39, 0.29) is 5.91 Å². The normalized spacial score (nSPS) is 24.9. The summed E-state index contributed by atoms with van der Waals surface area (Å²) >= 11 is 0. The molecule has 98 valence electrons. The first-order chi connectivity index (χ1) is 8.75. The average molecular weight is 246 g/mol. The fourth-order valence-electron chi connectivity index (χ4n) is 2.62. The van der Waals surface area contributed by atoms with Gasteiger partial charge in [0.25, 0.3) is 5.91 Å². The molecular weight excluding hydrogens is 224 g/mol. The number of hydrogen-bond acceptors (Lipinski definition) is 2. The molecule has 0 unspecified atom stereocenters. The number of nitrogens with zero attached hydrogens (tertiary/aromatic N) is 1. The second-order valence-corrected chi connectivity index (χ2v) is 5.38. The van der Waals surface area contributed by atoms with Gasteiger partial charge in [-0.3, -0.25) is 9.78 Å². The second kappa shape index (κ2) is 6.53. The first-order valence-electron chi connectivity index (χ1n) is 6.96. The molecule has 18 heavy (non-hydrogen) atoms. The Morgan fingerprint density at radius 1 is 1.28 bits per heavy atom. The predicted molar refractivity (Wildman–Crippen MR) is 72.4 cm³/mol. The van der Waals surface area contributed by atoms with E-state index in [1.165, 1.54) is 25.7 Å². The van der Waals surface area contributed by atoms with E-state index >= 15 is 0 Å². The van der Waals surface area contributed by atoms with E-state index in [0.29, 0.717) is 11.6 Å². The van der Waals surface area contributed by atoms with Gasteiger partial charge in [-0.2, -0.15) is 0 Å². The zero-order valence-electron chi connectivity index (χ0n) is 11.1. The summed E-state index contributed by atoms with van der Waals surface area (Å²) in [6.07, 6.45) is 10.6. The maximum atomic E-state index is 12.0. The van der Waals surface area contributed by atoms with Gasteiger partial charge >= 0.3 is 0 Å². The molecule has 3 nitrogen and oxygen atoms in total. The average Bonchev–Trinajstić information content (AvgIpc) is 2.37. The summed E-state index contributed by atoms with van der Waals surface area (Å²) in [7, 11) is 0. The number of amides is 1. The van der Waals surface area contributed by atoms with E-state index in [1.807, 2.05) is 6.07 Å². The second-order valence-electron chi connectivity index (χ2n) is 5.38. The summed E-state index contributed by atoms with van der Waals surface area (Å²) in [6.45, 7) is 2.33. The Morgan fingerprint density at radius 3 is 2.61 bits per heavy atom. The first kappa shape index (κ1) is 13.1. The van der Waals surface area contributed by atoms with E-state index < -0.39 is 0 Å². The maximum absolute atomic E-state index is 12.0. The van der Waals surface area contributed by atoms with Gasteiger partial charge in [-0.25, -0.2) is 0 Å². The molecule has 0 spiro atoms. The molecule has 0 aromatic carbocycles. The van der Waals surface area contributed by atoms with Crippen LogP contribution in [0.25, 0.3) is 0 Å². The Bertz CT molecular complexity index is 367. The highest BCUT2D eigenvalue weighted by atomic mass is 16.1. The highest BCUT2D eigenvalue weighted by molar-refractivity contribution is 5.93. The minimum absolute atomic E-state index is 0.0155. The van der Waals surface area contributed by atoms with Gasteiger partial charge < -0.3 is 5.32 Å². The first-order valence-corrected chi connectivity index (χ1v) is 6.96. The third kappa shape index (κ3) is 3.83. The Morgan fingerprint density at radius 2 is 2.00 bits per heavy atom. The molecule has 1 aliphatic carbocycles. The van der Waals surface area contributed by atoms with Crippen LogP contribution in [0.15, 0.2) is 24.5 Å². The third-order valence-corrected chi connectivity index (χ3v) is 3.76. The van der Waals surface area contributed by atoms with Gasteiger partial charge in [-0.15, -0.1) is 0 Å². The zero-order valence-corrected chi connectivity index (χ0v) is 11.1. The number of nitrogens with one attached hydrogen (secondary N) is 1. The molecule has 0 aliphatic heterocycles. The van der Waals surface area contributed by atoms with Crippen molar-refractivity contribution in [3.05, 3.63) is 30.1 Å². The molecular formula is C15H22N2O. The Kier molecular flexibility index (Phi) is 4.73. The van der Waals surface area contributed by atoms with Crippen LogP contribution in [0, 0.1) is 5.92 Å². The number of pyridine rings is 1. The van der Waals surface area contributed by atoms with Gasteiger partial charge in [0.15, 0.2) is 0 Å². The summed E-state index contributed by atoms with van der Waals surface area (Å²) < 4.78 is 0. The lowest BCUT2D eigenvalue weighted by Crippen LogP contribution is -2.35. The maximum Gasteiger partial charge on any atom is 0.253 e. The van der Waals surface area contributed by atoms with Crippen LogP contribution in [0.3, 0.4) is 0 Å². The lowest BCUT2D eigenvalue weighted by atomic mass is 9.90. The van der Waals surface area contributed by atoms with Crippen LogP contribution >= 0.6 is 0 Å². The minimum Gasteiger partial charge on any atom is -0.349 e. The molecule has 1 amide bonds. The van der Waals surface area contributed by atoms with Gasteiger partial charge in [0, 0.05) is 18.4 Å². The lowest BCUT2D eigenvalue weighted by molar-refractivity contribution is 0.0929. The quantitative estimate of drug-likeness (QED) is 0.871. The van der Waals surface area contributed by atoms with Crippen molar-refractivity contribution in [2.24, 2.45) is 5.92 Å². The SMILES string of the molecule is CC1CCCC(NC(=O)c2cccnc2)CCC1. The largest absolute Gasteiger partial charge is 0.349 e. The fourth-order valence-corrected chi connectivity index (χ4v) is 2.62. The number of hydrogen-bond donors (Lipinski definition) is 1. The molecule has 0 radical (unpaired) electrons. The van der Waals surface area contributed by atoms with Crippen LogP contribution < -0.4 is 5.32 Å². The van der Waals surface area contributed by atoms with E-state index in [2.05, 4.69) is 17.2 Å². The fraction of sp³-hybridized carbons (Fsp3) is 0.600. The van der Waals surface area contributed by atoms with Crippen molar-refractivity contribution in [3.63, 3.8) is 0 Å². The van der Waals surface area contributed by atoms with E-state index in [9.17, 15) is 4.79 Å². The number of carbonyl (C=O) groups excluding carboxylic acids is 1. The molecule has 1 N–H and O–H groups in total. The van der Waals surface area contributed by atoms with Crippen molar-refractivity contribution >= 4 is 5.91 Å². The molecule has 1 fully saturated rings. The van der Waals surface area contributed by atoms with Gasteiger partial charge in [0.1, 0.15) is 0 Å². The molecule has 0 saturated heterocycles. The molecule has 0 bridgehead atoms. The Balaban J connectivity index is 1.87. The lowest BCUT2D eigenvalue weighted by Gasteiger charge is -2.23. The van der Waals surface area contributed by atoms with Gasteiger partial charge in [0.2, 0.25) is 0 Å². The van der Waals surface area contributed by atoms with Crippen molar-refractivity contribution < 1.29 is 4.79 Å². The van der Waals surface area contributed by atoms with Gasteiger partial charge in [-0.1, -0.05) is 32.6 Å². The molecule has 2 rings (SSSR count). The van der Waals surface area contributed by atoms with Crippen LogP contribution in [-0.4, -0.2) is 16.9 Å². The molecule has 1 aromatic heterocycles. The predicted octanol–water partition coefficient (Wildman–Crippen LogP) is 3.17. The molecule has 1 saturated carbocycles. The molecule has 0 atom stereocenters. The van der Waals surface area contributed by atoms with Crippen LogP contribution in [0.4, 0.5) is 0 Å². The van der Waals surface area contributed by atoms with E-state index in [4.69, 9.17) is 0 Å². The summed E-state index contributed by atoms with van der Waals surface area (Å²) in [5, 5.41) is 3.14. The summed E-state index contributed by atoms with van der Waals surface area (Å²) in [5.41, 5.74) is 0.660. The van der Waals surface area contributed by atoms with Crippen molar-refractivity contribution in [3.8, 4) is 0 Å². The van der Waals surface area contributed by atoms with Crippen LogP contribution in [0.1, 0.15) is 55.8 Å². The third-order valence-electron chi connectivity index (χ3n) is 3.76. The minimum atomic E-state index is 0.0155. The number of aromatic nitrogens is 1. The van der Waals surface area contributed by atoms with Crippen molar-refractivity contribution in [2.75, 3.05) is 0 Å². The van der Waals surface area contributed by atoms with Gasteiger partial charge in [0.05, 0.1) is 5.56 Å². The molecule has 3 heteroatoms. The Labute approximate surface area is 109 Å². The van der Waals surface area contributed by atoms with Crippen molar-refractivity contribution in [1.82, 2.24) is 10.3 Å². The van der Waals surface area contributed by atoms with E-state index in [0.717, 1.165) is 18.8 Å². The summed E-state index contributed by atoms with van der Waals surface area (Å²) in [5.74, 6) is 0.863. The van der Waals surface area contributed by atoms with Crippen LogP contribution in [0.2, 0.25) is 0 Å². The number of carbonyl (C=O) groups is 1. The molecule has 1 aromatic rings. The molecule has 1 heterocycles.